The quantitative estimate of drug-likeness (QED) is 0.673. The Morgan fingerprint density at radius 2 is 1.81 bits per heavy atom. The molecule has 0 amide bonds. The Hall–Kier alpha value is -2.53. The number of carbonyl (C=O) groups excluding carboxylic acids is 1. The highest BCUT2D eigenvalue weighted by atomic mass is 35.5. The maximum absolute atomic E-state index is 12.4. The van der Waals surface area contributed by atoms with Crippen molar-refractivity contribution in [1.29, 1.82) is 0 Å². The molecule has 0 aliphatic rings. The first kappa shape index (κ1) is 20.8. The van der Waals surface area contributed by atoms with Crippen LogP contribution in [0.1, 0.15) is 43.7 Å². The molecule has 0 aliphatic carbocycles. The number of fused-ring (bicyclic) bond motifs is 1. The molecule has 2 heterocycles. The SMILES string of the molecule is CC(=O)n1c(C)c(NC(C)(C)C)[n+]2cccc(OCc3ccccc3)c12.Cl. The van der Waals surface area contributed by atoms with E-state index in [9.17, 15) is 4.79 Å². The maximum atomic E-state index is 12.4. The van der Waals surface area contributed by atoms with Gasteiger partial charge in [0, 0.05) is 6.92 Å². The van der Waals surface area contributed by atoms with Crippen LogP contribution >= 0.6 is 12.4 Å². The van der Waals surface area contributed by atoms with E-state index in [1.165, 1.54) is 0 Å². The second-order valence-electron chi connectivity index (χ2n) is 7.50. The monoisotopic (exact) mass is 388 g/mol. The van der Waals surface area contributed by atoms with Crippen LogP contribution in [0.4, 0.5) is 5.82 Å². The van der Waals surface area contributed by atoms with Crippen molar-refractivity contribution in [2.75, 3.05) is 5.32 Å². The fourth-order valence-corrected chi connectivity index (χ4v) is 3.06. The van der Waals surface area contributed by atoms with E-state index in [-0.39, 0.29) is 23.9 Å². The van der Waals surface area contributed by atoms with Gasteiger partial charge in [0.05, 0.1) is 11.7 Å². The first-order valence-electron chi connectivity index (χ1n) is 8.79. The summed E-state index contributed by atoms with van der Waals surface area (Å²) >= 11 is 0. The number of pyridine rings is 1. The lowest BCUT2D eigenvalue weighted by atomic mass is 10.1. The summed E-state index contributed by atoms with van der Waals surface area (Å²) in [6, 6.07) is 13.8. The molecule has 0 bridgehead atoms. The van der Waals surface area contributed by atoms with E-state index in [1.54, 1.807) is 11.5 Å². The molecule has 0 saturated heterocycles. The molecule has 0 spiro atoms. The number of hydrogen-bond acceptors (Lipinski definition) is 3. The first-order valence-corrected chi connectivity index (χ1v) is 8.79. The van der Waals surface area contributed by atoms with E-state index in [0.717, 1.165) is 22.7 Å². The van der Waals surface area contributed by atoms with Gasteiger partial charge in [-0.3, -0.25) is 10.1 Å². The van der Waals surface area contributed by atoms with Crippen LogP contribution in [0.3, 0.4) is 0 Å². The lowest BCUT2D eigenvalue weighted by Gasteiger charge is -2.16. The van der Waals surface area contributed by atoms with Gasteiger partial charge in [0.15, 0.2) is 11.4 Å². The van der Waals surface area contributed by atoms with Crippen LogP contribution in [0, 0.1) is 6.92 Å². The predicted octanol–water partition coefficient (Wildman–Crippen LogP) is 4.41. The minimum absolute atomic E-state index is 0. The number of carbonyl (C=O) groups is 1. The highest BCUT2D eigenvalue weighted by Crippen LogP contribution is 2.25. The van der Waals surface area contributed by atoms with Gasteiger partial charge in [0.1, 0.15) is 6.61 Å². The Labute approximate surface area is 166 Å². The van der Waals surface area contributed by atoms with Crippen LogP contribution in [0.5, 0.6) is 5.75 Å². The third-order valence-corrected chi connectivity index (χ3v) is 4.11. The lowest BCUT2D eigenvalue weighted by Crippen LogP contribution is -2.33. The van der Waals surface area contributed by atoms with Crippen molar-refractivity contribution in [3.05, 3.63) is 59.9 Å². The van der Waals surface area contributed by atoms with Crippen molar-refractivity contribution in [1.82, 2.24) is 4.57 Å². The van der Waals surface area contributed by atoms with Gasteiger partial charge in [0.25, 0.3) is 17.4 Å². The molecule has 0 unspecified atom stereocenters. The number of aromatic nitrogens is 2. The summed E-state index contributed by atoms with van der Waals surface area (Å²) in [4.78, 5) is 12.4. The van der Waals surface area contributed by atoms with E-state index in [0.29, 0.717) is 12.4 Å². The van der Waals surface area contributed by atoms with E-state index < -0.39 is 0 Å². The molecule has 27 heavy (non-hydrogen) atoms. The van der Waals surface area contributed by atoms with E-state index >= 15 is 0 Å². The fraction of sp³-hybridized carbons (Fsp3) is 0.333. The summed E-state index contributed by atoms with van der Waals surface area (Å²) in [5, 5.41) is 3.50. The van der Waals surface area contributed by atoms with Crippen LogP contribution in [-0.2, 0) is 6.61 Å². The normalized spacial score (nSPS) is 11.1. The molecular weight excluding hydrogens is 362 g/mol. The van der Waals surface area contributed by atoms with Crippen LogP contribution < -0.4 is 14.5 Å². The predicted molar refractivity (Wildman–Crippen MR) is 110 cm³/mol. The Morgan fingerprint density at radius 1 is 1.15 bits per heavy atom. The van der Waals surface area contributed by atoms with Gasteiger partial charge in [-0.25, -0.2) is 0 Å². The number of imidazole rings is 1. The van der Waals surface area contributed by atoms with Crippen LogP contribution in [-0.4, -0.2) is 16.0 Å². The number of benzene rings is 1. The van der Waals surface area contributed by atoms with E-state index in [4.69, 9.17) is 4.74 Å². The van der Waals surface area contributed by atoms with Crippen molar-refractivity contribution >= 4 is 29.8 Å². The number of hydrogen-bond donors (Lipinski definition) is 1. The minimum atomic E-state index is -0.130. The van der Waals surface area contributed by atoms with Crippen molar-refractivity contribution in [3.63, 3.8) is 0 Å². The van der Waals surface area contributed by atoms with Crippen molar-refractivity contribution in [2.24, 2.45) is 0 Å². The molecule has 3 rings (SSSR count). The number of anilines is 1. The van der Waals surface area contributed by atoms with Crippen LogP contribution in [0.25, 0.3) is 5.65 Å². The minimum Gasteiger partial charge on any atom is -0.482 e. The number of rotatable bonds is 4. The molecular formula is C21H27ClN3O2+. The molecule has 1 aromatic carbocycles. The fourth-order valence-electron chi connectivity index (χ4n) is 3.06. The van der Waals surface area contributed by atoms with E-state index in [1.807, 2.05) is 60.0 Å². The molecule has 5 nitrogen and oxygen atoms in total. The number of ether oxygens (including phenoxy) is 1. The van der Waals surface area contributed by atoms with Gasteiger partial charge in [-0.05, 0) is 45.4 Å². The molecule has 144 valence electrons. The van der Waals surface area contributed by atoms with Crippen LogP contribution in [0.15, 0.2) is 48.7 Å². The average molecular weight is 389 g/mol. The van der Waals surface area contributed by atoms with Crippen molar-refractivity contribution in [3.8, 4) is 5.75 Å². The van der Waals surface area contributed by atoms with E-state index in [2.05, 4.69) is 26.1 Å². The third-order valence-electron chi connectivity index (χ3n) is 4.11. The summed E-state index contributed by atoms with van der Waals surface area (Å²) in [5.74, 6) is 1.53. The Balaban J connectivity index is 0.00000261. The summed E-state index contributed by atoms with van der Waals surface area (Å²) in [6.45, 7) is 10.3. The smallest absolute Gasteiger partial charge is 0.284 e. The average Bonchev–Trinajstić information content (AvgIpc) is 2.85. The Morgan fingerprint density at radius 3 is 2.41 bits per heavy atom. The molecule has 1 N–H and O–H groups in total. The molecule has 0 saturated carbocycles. The molecule has 0 fully saturated rings. The Bertz CT molecular complexity index is 943. The summed E-state index contributed by atoms with van der Waals surface area (Å²) in [5.41, 5.74) is 2.55. The molecule has 0 radical (unpaired) electrons. The zero-order valence-electron chi connectivity index (χ0n) is 16.4. The zero-order valence-corrected chi connectivity index (χ0v) is 17.3. The molecule has 2 aromatic heterocycles. The summed E-state index contributed by atoms with van der Waals surface area (Å²) in [7, 11) is 0. The molecule has 0 atom stereocenters. The summed E-state index contributed by atoms with van der Waals surface area (Å²) < 4.78 is 9.76. The molecule has 0 aliphatic heterocycles. The number of nitrogens with zero attached hydrogens (tertiary/aromatic N) is 2. The van der Waals surface area contributed by atoms with Gasteiger partial charge in [0.2, 0.25) is 0 Å². The number of nitrogens with one attached hydrogen (secondary N) is 1. The second kappa shape index (κ2) is 8.01. The van der Waals surface area contributed by atoms with Crippen molar-refractivity contribution in [2.45, 2.75) is 46.8 Å². The van der Waals surface area contributed by atoms with Crippen LogP contribution in [0.2, 0.25) is 0 Å². The topological polar surface area (TPSA) is 47.4 Å². The van der Waals surface area contributed by atoms with Gasteiger partial charge in [-0.2, -0.15) is 8.97 Å². The molecule has 6 heteroatoms. The second-order valence-corrected chi connectivity index (χ2v) is 7.50. The largest absolute Gasteiger partial charge is 0.482 e. The number of halogens is 1. The standard InChI is InChI=1S/C21H26N3O2.ClH/c1-15-19(22-21(3,4)5)23-13-9-12-18(20(23)24(15)16(2)25)26-14-17-10-7-6-8-11-17;/h6-13,22H,14H2,1-5H3;1H/q+1;. The first-order chi connectivity index (χ1) is 12.3. The van der Waals surface area contributed by atoms with Gasteiger partial charge >= 0.3 is 0 Å². The third kappa shape index (κ3) is 4.42. The van der Waals surface area contributed by atoms with Gasteiger partial charge in [-0.1, -0.05) is 30.3 Å². The lowest BCUT2D eigenvalue weighted by molar-refractivity contribution is -0.496. The summed E-state index contributed by atoms with van der Waals surface area (Å²) in [6.07, 6.45) is 1.95. The van der Waals surface area contributed by atoms with Gasteiger partial charge in [-0.15, -0.1) is 12.4 Å². The van der Waals surface area contributed by atoms with Crippen molar-refractivity contribution < 1.29 is 13.9 Å². The highest BCUT2D eigenvalue weighted by Gasteiger charge is 2.29. The molecule has 3 aromatic rings. The maximum Gasteiger partial charge on any atom is 0.284 e. The Kier molecular flexibility index (Phi) is 6.16. The highest BCUT2D eigenvalue weighted by molar-refractivity contribution is 5.85. The zero-order chi connectivity index (χ0) is 18.9. The van der Waals surface area contributed by atoms with Gasteiger partial charge < -0.3 is 4.74 Å².